The second-order valence-corrected chi connectivity index (χ2v) is 5.85. The quantitative estimate of drug-likeness (QED) is 0.851. The first kappa shape index (κ1) is 14.1. The van der Waals surface area contributed by atoms with Gasteiger partial charge in [-0.3, -0.25) is 0 Å². The number of hydrogen-bond acceptors (Lipinski definition) is 5. The molecular weight excluding hydrogens is 234 g/mol. The molecule has 0 aliphatic rings. The van der Waals surface area contributed by atoms with E-state index in [-0.39, 0.29) is 0 Å². The summed E-state index contributed by atoms with van der Waals surface area (Å²) in [6.07, 6.45) is 0. The lowest BCUT2D eigenvalue weighted by atomic mass is 10.1. The molecule has 0 saturated heterocycles. The zero-order valence-corrected chi connectivity index (χ0v) is 12.2. The molecular formula is C12H23N3OS. The van der Waals surface area contributed by atoms with Gasteiger partial charge in [-0.1, -0.05) is 27.7 Å². The van der Waals surface area contributed by atoms with Crippen molar-refractivity contribution in [3.8, 4) is 5.75 Å². The molecule has 1 aromatic heterocycles. The molecule has 0 saturated carbocycles. The van der Waals surface area contributed by atoms with E-state index in [1.54, 1.807) is 7.11 Å². The SMILES string of the molecule is COc1c(N)nsc1N(CC(C)C)CC(C)C. The van der Waals surface area contributed by atoms with E-state index in [1.165, 1.54) is 11.5 Å². The summed E-state index contributed by atoms with van der Waals surface area (Å²) in [4.78, 5) is 2.32. The third-order valence-electron chi connectivity index (χ3n) is 2.32. The van der Waals surface area contributed by atoms with Crippen molar-refractivity contribution in [3.05, 3.63) is 0 Å². The van der Waals surface area contributed by atoms with E-state index in [9.17, 15) is 0 Å². The molecule has 0 unspecified atom stereocenters. The second kappa shape index (κ2) is 6.10. The zero-order chi connectivity index (χ0) is 13.0. The van der Waals surface area contributed by atoms with E-state index < -0.39 is 0 Å². The van der Waals surface area contributed by atoms with Crippen molar-refractivity contribution in [2.75, 3.05) is 30.8 Å². The van der Waals surface area contributed by atoms with Crippen LogP contribution in [0.2, 0.25) is 0 Å². The molecule has 5 heteroatoms. The predicted molar refractivity (Wildman–Crippen MR) is 75.0 cm³/mol. The summed E-state index contributed by atoms with van der Waals surface area (Å²) in [5.74, 6) is 2.41. The molecule has 0 atom stereocenters. The van der Waals surface area contributed by atoms with Crippen molar-refractivity contribution in [2.45, 2.75) is 27.7 Å². The average Bonchev–Trinajstić information content (AvgIpc) is 2.56. The van der Waals surface area contributed by atoms with E-state index in [1.807, 2.05) is 0 Å². The lowest BCUT2D eigenvalue weighted by molar-refractivity contribution is 0.415. The van der Waals surface area contributed by atoms with E-state index in [0.29, 0.717) is 17.7 Å². The first-order chi connectivity index (χ1) is 7.95. The molecule has 0 amide bonds. The van der Waals surface area contributed by atoms with Crippen molar-refractivity contribution < 1.29 is 4.74 Å². The summed E-state index contributed by atoms with van der Waals surface area (Å²) in [6.45, 7) is 10.8. The molecule has 0 aromatic carbocycles. The standard InChI is InChI=1S/C12H23N3OS/c1-8(2)6-15(7-9(3)4)12-10(16-5)11(13)14-17-12/h8-9H,6-7H2,1-5H3,(H2,13,14). The normalized spacial score (nSPS) is 11.2. The molecule has 2 N–H and O–H groups in total. The van der Waals surface area contributed by atoms with Gasteiger partial charge < -0.3 is 15.4 Å². The molecule has 0 spiro atoms. The van der Waals surface area contributed by atoms with E-state index in [0.717, 1.165) is 23.8 Å². The van der Waals surface area contributed by atoms with Gasteiger partial charge in [0, 0.05) is 13.1 Å². The molecule has 1 rings (SSSR count). The number of hydrogen-bond donors (Lipinski definition) is 1. The maximum atomic E-state index is 5.80. The average molecular weight is 257 g/mol. The summed E-state index contributed by atoms with van der Waals surface area (Å²) in [6, 6.07) is 0. The minimum absolute atomic E-state index is 0.491. The van der Waals surface area contributed by atoms with Gasteiger partial charge >= 0.3 is 0 Å². The molecule has 17 heavy (non-hydrogen) atoms. The van der Waals surface area contributed by atoms with Crippen molar-refractivity contribution in [3.63, 3.8) is 0 Å². The van der Waals surface area contributed by atoms with Crippen LogP contribution in [0.15, 0.2) is 0 Å². The number of nitrogen functional groups attached to an aromatic ring is 1. The van der Waals surface area contributed by atoms with E-state index >= 15 is 0 Å². The lowest BCUT2D eigenvalue weighted by Crippen LogP contribution is -2.30. The Morgan fingerprint density at radius 1 is 1.24 bits per heavy atom. The Kier molecular flexibility index (Phi) is 5.05. The Balaban J connectivity index is 2.94. The number of ether oxygens (including phenoxy) is 1. The highest BCUT2D eigenvalue weighted by Gasteiger charge is 2.20. The Hall–Kier alpha value is -0.970. The fourth-order valence-electron chi connectivity index (χ4n) is 1.80. The monoisotopic (exact) mass is 257 g/mol. The molecule has 1 aromatic rings. The minimum atomic E-state index is 0.491. The fraction of sp³-hybridized carbons (Fsp3) is 0.750. The van der Waals surface area contributed by atoms with Gasteiger partial charge in [0.15, 0.2) is 16.6 Å². The summed E-state index contributed by atoms with van der Waals surface area (Å²) in [5, 5.41) is 1.05. The molecule has 0 aliphatic carbocycles. The van der Waals surface area contributed by atoms with E-state index in [2.05, 4.69) is 37.0 Å². The second-order valence-electron chi connectivity index (χ2n) is 5.10. The molecule has 1 heterocycles. The van der Waals surface area contributed by atoms with E-state index in [4.69, 9.17) is 10.5 Å². The van der Waals surface area contributed by atoms with Gasteiger partial charge in [-0.15, -0.1) is 0 Å². The van der Waals surface area contributed by atoms with Gasteiger partial charge in [0.25, 0.3) is 0 Å². The van der Waals surface area contributed by atoms with Crippen molar-refractivity contribution in [1.29, 1.82) is 0 Å². The van der Waals surface area contributed by atoms with Gasteiger partial charge in [0.2, 0.25) is 0 Å². The number of nitrogens with zero attached hydrogens (tertiary/aromatic N) is 2. The number of anilines is 2. The molecule has 0 bridgehead atoms. The van der Waals surface area contributed by atoms with Crippen LogP contribution in [0.5, 0.6) is 5.75 Å². The van der Waals surface area contributed by atoms with Crippen molar-refractivity contribution in [2.24, 2.45) is 11.8 Å². The zero-order valence-electron chi connectivity index (χ0n) is 11.4. The highest BCUT2D eigenvalue weighted by atomic mass is 32.1. The number of aromatic nitrogens is 1. The van der Waals surface area contributed by atoms with Crippen LogP contribution >= 0.6 is 11.5 Å². The van der Waals surface area contributed by atoms with Crippen LogP contribution in [0.1, 0.15) is 27.7 Å². The molecule has 0 fully saturated rings. The predicted octanol–water partition coefficient (Wildman–Crippen LogP) is 2.85. The van der Waals surface area contributed by atoms with Crippen LogP contribution in [-0.4, -0.2) is 24.6 Å². The van der Waals surface area contributed by atoms with Gasteiger partial charge in [-0.25, -0.2) is 0 Å². The Morgan fingerprint density at radius 2 is 1.76 bits per heavy atom. The molecule has 98 valence electrons. The summed E-state index contributed by atoms with van der Waals surface area (Å²) in [5.41, 5.74) is 5.80. The van der Waals surface area contributed by atoms with Gasteiger partial charge in [0.05, 0.1) is 7.11 Å². The number of nitrogens with two attached hydrogens (primary N) is 1. The van der Waals surface area contributed by atoms with Crippen LogP contribution in [0, 0.1) is 11.8 Å². The van der Waals surface area contributed by atoms with Crippen LogP contribution in [0.3, 0.4) is 0 Å². The maximum absolute atomic E-state index is 5.80. The van der Waals surface area contributed by atoms with Crippen LogP contribution in [0.4, 0.5) is 10.8 Å². The highest BCUT2D eigenvalue weighted by molar-refractivity contribution is 7.11. The Bertz CT molecular complexity index is 340. The summed E-state index contributed by atoms with van der Waals surface area (Å²) < 4.78 is 9.52. The van der Waals surface area contributed by atoms with Gasteiger partial charge in [0.1, 0.15) is 0 Å². The van der Waals surface area contributed by atoms with Crippen LogP contribution in [0.25, 0.3) is 0 Å². The summed E-state index contributed by atoms with van der Waals surface area (Å²) >= 11 is 1.42. The largest absolute Gasteiger partial charge is 0.490 e. The summed E-state index contributed by atoms with van der Waals surface area (Å²) in [7, 11) is 1.65. The topological polar surface area (TPSA) is 51.4 Å². The third kappa shape index (κ3) is 3.77. The first-order valence-corrected chi connectivity index (χ1v) is 6.77. The first-order valence-electron chi connectivity index (χ1n) is 5.99. The van der Waals surface area contributed by atoms with Crippen molar-refractivity contribution in [1.82, 2.24) is 4.37 Å². The molecule has 4 nitrogen and oxygen atoms in total. The smallest absolute Gasteiger partial charge is 0.197 e. The third-order valence-corrected chi connectivity index (χ3v) is 3.22. The Labute approximate surface area is 108 Å². The van der Waals surface area contributed by atoms with Crippen LogP contribution in [-0.2, 0) is 0 Å². The highest BCUT2D eigenvalue weighted by Crippen LogP contribution is 2.38. The van der Waals surface area contributed by atoms with Gasteiger partial charge in [-0.05, 0) is 23.4 Å². The lowest BCUT2D eigenvalue weighted by Gasteiger charge is -2.27. The fourth-order valence-corrected chi connectivity index (χ4v) is 2.60. The van der Waals surface area contributed by atoms with Crippen LogP contribution < -0.4 is 15.4 Å². The molecule has 0 aliphatic heterocycles. The Morgan fingerprint density at radius 3 is 2.18 bits per heavy atom. The number of methoxy groups -OCH3 is 1. The maximum Gasteiger partial charge on any atom is 0.197 e. The van der Waals surface area contributed by atoms with Crippen molar-refractivity contribution >= 4 is 22.4 Å². The number of rotatable bonds is 6. The van der Waals surface area contributed by atoms with Gasteiger partial charge in [-0.2, -0.15) is 4.37 Å². The minimum Gasteiger partial charge on any atom is -0.490 e. The molecule has 0 radical (unpaired) electrons.